The molecule has 4 rings (SSSR count). The number of aryl methyl sites for hydroxylation is 1. The van der Waals surface area contributed by atoms with Crippen LogP contribution in [0.1, 0.15) is 96.5 Å². The van der Waals surface area contributed by atoms with Crippen molar-refractivity contribution in [1.29, 1.82) is 0 Å². The predicted octanol–water partition coefficient (Wildman–Crippen LogP) is 7.33. The Morgan fingerprint density at radius 2 is 1.43 bits per heavy atom. The zero-order valence-electron chi connectivity index (χ0n) is 23.4. The number of benzene rings is 3. The summed E-state index contributed by atoms with van der Waals surface area (Å²) < 4.78 is 0. The highest BCUT2D eigenvalue weighted by Gasteiger charge is 2.20. The van der Waals surface area contributed by atoms with Gasteiger partial charge in [0.2, 0.25) is 5.91 Å². The molecule has 40 heavy (non-hydrogen) atoms. The number of rotatable bonds is 11. The Hall–Kier alpha value is -4.04. The first-order chi connectivity index (χ1) is 19.4. The van der Waals surface area contributed by atoms with Gasteiger partial charge >= 0.3 is 5.97 Å². The van der Waals surface area contributed by atoms with Crippen molar-refractivity contribution in [1.82, 2.24) is 4.90 Å². The Morgan fingerprint density at radius 3 is 2.02 bits per heavy atom. The van der Waals surface area contributed by atoms with Crippen molar-refractivity contribution in [2.24, 2.45) is 5.92 Å². The summed E-state index contributed by atoms with van der Waals surface area (Å²) >= 11 is 0. The maximum atomic E-state index is 13.3. The van der Waals surface area contributed by atoms with Crippen LogP contribution in [0.15, 0.2) is 66.7 Å². The van der Waals surface area contributed by atoms with Crippen molar-refractivity contribution in [2.45, 2.75) is 77.8 Å². The number of hydrogen-bond donors (Lipinski definition) is 2. The molecule has 0 bridgehead atoms. The van der Waals surface area contributed by atoms with E-state index in [1.54, 1.807) is 11.0 Å². The summed E-state index contributed by atoms with van der Waals surface area (Å²) in [5, 5.41) is 19.3. The van der Waals surface area contributed by atoms with E-state index in [2.05, 4.69) is 43.0 Å². The maximum Gasteiger partial charge on any atom is 0.339 e. The molecule has 208 valence electrons. The average Bonchev–Trinajstić information content (AvgIpc) is 3.49. The van der Waals surface area contributed by atoms with Gasteiger partial charge in [0.1, 0.15) is 11.3 Å². The van der Waals surface area contributed by atoms with E-state index in [1.165, 1.54) is 56.2 Å². The SMILES string of the molecule is CCCCc1ccc(C#Cc2ccc(CN(Cc3ccc(O)c(C(=O)O)c3)C(=O)CCC3CCCC3)cc2)cc1. The van der Waals surface area contributed by atoms with Gasteiger partial charge in [-0.25, -0.2) is 4.79 Å². The number of unbranched alkanes of at least 4 members (excludes halogenated alkanes) is 1. The molecule has 5 nitrogen and oxygen atoms in total. The lowest BCUT2D eigenvalue weighted by Gasteiger charge is -2.24. The molecular formula is C35H39NO4. The van der Waals surface area contributed by atoms with E-state index >= 15 is 0 Å². The highest BCUT2D eigenvalue weighted by Crippen LogP contribution is 2.29. The number of carbonyl (C=O) groups excluding carboxylic acids is 1. The third-order valence-corrected chi connectivity index (χ3v) is 7.71. The Kier molecular flexibility index (Phi) is 10.4. The fourth-order valence-electron chi connectivity index (χ4n) is 5.28. The van der Waals surface area contributed by atoms with Crippen molar-refractivity contribution in [3.8, 4) is 17.6 Å². The van der Waals surface area contributed by atoms with Gasteiger partial charge in [0.15, 0.2) is 0 Å². The van der Waals surface area contributed by atoms with Crippen LogP contribution < -0.4 is 0 Å². The molecule has 0 atom stereocenters. The highest BCUT2D eigenvalue weighted by atomic mass is 16.4. The Balaban J connectivity index is 1.44. The topological polar surface area (TPSA) is 77.8 Å². The second-order valence-electron chi connectivity index (χ2n) is 10.8. The Labute approximate surface area is 237 Å². The van der Waals surface area contributed by atoms with Crippen LogP contribution in [0.5, 0.6) is 5.75 Å². The normalized spacial score (nSPS) is 13.0. The number of carboxylic acids is 1. The summed E-state index contributed by atoms with van der Waals surface area (Å²) in [6.07, 6.45) is 9.72. The number of phenols is 1. The number of nitrogens with zero attached hydrogens (tertiary/aromatic N) is 1. The molecule has 0 radical (unpaired) electrons. The van der Waals surface area contributed by atoms with E-state index in [-0.39, 0.29) is 23.8 Å². The van der Waals surface area contributed by atoms with Crippen molar-refractivity contribution in [3.05, 3.63) is 100 Å². The van der Waals surface area contributed by atoms with Gasteiger partial charge in [0.25, 0.3) is 0 Å². The first kappa shape index (κ1) is 29.0. The van der Waals surface area contributed by atoms with Crippen LogP contribution in [0.4, 0.5) is 0 Å². The van der Waals surface area contributed by atoms with Gasteiger partial charge in [-0.1, -0.05) is 81.2 Å². The molecule has 0 aromatic heterocycles. The second-order valence-corrected chi connectivity index (χ2v) is 10.8. The molecule has 1 aliphatic carbocycles. The lowest BCUT2D eigenvalue weighted by Crippen LogP contribution is -2.30. The summed E-state index contributed by atoms with van der Waals surface area (Å²) in [5.41, 5.74) is 4.73. The van der Waals surface area contributed by atoms with Crippen LogP contribution >= 0.6 is 0 Å². The van der Waals surface area contributed by atoms with E-state index in [0.29, 0.717) is 24.4 Å². The molecule has 0 aliphatic heterocycles. The van der Waals surface area contributed by atoms with E-state index in [4.69, 9.17) is 0 Å². The summed E-state index contributed by atoms with van der Waals surface area (Å²) in [7, 11) is 0. The number of amides is 1. The number of aromatic carboxylic acids is 1. The fraction of sp³-hybridized carbons (Fsp3) is 0.371. The Bertz CT molecular complexity index is 1340. The monoisotopic (exact) mass is 537 g/mol. The summed E-state index contributed by atoms with van der Waals surface area (Å²) in [4.78, 5) is 26.6. The van der Waals surface area contributed by atoms with Crippen LogP contribution in [-0.4, -0.2) is 27.0 Å². The lowest BCUT2D eigenvalue weighted by molar-refractivity contribution is -0.132. The van der Waals surface area contributed by atoms with Gasteiger partial charge in [-0.3, -0.25) is 4.79 Å². The van der Waals surface area contributed by atoms with E-state index in [1.807, 2.05) is 24.3 Å². The molecule has 1 amide bonds. The van der Waals surface area contributed by atoms with Gasteiger partial charge in [-0.2, -0.15) is 0 Å². The van der Waals surface area contributed by atoms with Gasteiger partial charge in [0, 0.05) is 30.6 Å². The van der Waals surface area contributed by atoms with Crippen LogP contribution in [0.3, 0.4) is 0 Å². The number of carboxylic acid groups (broad SMARTS) is 1. The number of hydrogen-bond acceptors (Lipinski definition) is 3. The Morgan fingerprint density at radius 1 is 0.850 bits per heavy atom. The van der Waals surface area contributed by atoms with Crippen LogP contribution in [0, 0.1) is 17.8 Å². The van der Waals surface area contributed by atoms with Crippen LogP contribution in [0.25, 0.3) is 0 Å². The van der Waals surface area contributed by atoms with E-state index < -0.39 is 5.97 Å². The first-order valence-corrected chi connectivity index (χ1v) is 14.4. The quantitative estimate of drug-likeness (QED) is 0.251. The minimum absolute atomic E-state index is 0.0584. The zero-order chi connectivity index (χ0) is 28.3. The molecule has 1 aliphatic rings. The van der Waals surface area contributed by atoms with Crippen molar-refractivity contribution < 1.29 is 19.8 Å². The molecule has 2 N–H and O–H groups in total. The maximum absolute atomic E-state index is 13.3. The second kappa shape index (κ2) is 14.4. The fourth-order valence-corrected chi connectivity index (χ4v) is 5.28. The molecule has 5 heteroatoms. The minimum atomic E-state index is -1.19. The van der Waals surface area contributed by atoms with Crippen molar-refractivity contribution >= 4 is 11.9 Å². The van der Waals surface area contributed by atoms with Gasteiger partial charge in [-0.05, 0) is 78.3 Å². The molecule has 3 aromatic rings. The highest BCUT2D eigenvalue weighted by molar-refractivity contribution is 5.91. The largest absolute Gasteiger partial charge is 0.507 e. The van der Waals surface area contributed by atoms with E-state index in [0.717, 1.165) is 29.5 Å². The third-order valence-electron chi connectivity index (χ3n) is 7.71. The standard InChI is InChI=1S/C35H39NO4/c1-2-3-6-27-9-11-28(12-10-27)13-14-29-15-17-30(18-16-29)24-36(34(38)22-20-26-7-4-5-8-26)25-31-19-21-33(37)32(23-31)35(39)40/h9-12,15-19,21,23,26,37H,2-8,20,22,24-25H2,1H3,(H,39,40). The molecule has 0 unspecified atom stereocenters. The summed E-state index contributed by atoms with van der Waals surface area (Å²) in [6, 6.07) is 20.9. The summed E-state index contributed by atoms with van der Waals surface area (Å²) in [6.45, 7) is 2.89. The minimum Gasteiger partial charge on any atom is -0.507 e. The average molecular weight is 538 g/mol. The molecular weight excluding hydrogens is 498 g/mol. The number of carbonyl (C=O) groups is 2. The molecule has 0 saturated heterocycles. The van der Waals surface area contributed by atoms with Crippen molar-refractivity contribution in [2.75, 3.05) is 0 Å². The number of aromatic hydroxyl groups is 1. The molecule has 0 spiro atoms. The molecule has 1 saturated carbocycles. The van der Waals surface area contributed by atoms with Crippen molar-refractivity contribution in [3.63, 3.8) is 0 Å². The van der Waals surface area contributed by atoms with Gasteiger partial charge in [-0.15, -0.1) is 0 Å². The smallest absolute Gasteiger partial charge is 0.339 e. The zero-order valence-corrected chi connectivity index (χ0v) is 23.4. The van der Waals surface area contributed by atoms with Crippen LogP contribution in [0.2, 0.25) is 0 Å². The first-order valence-electron chi connectivity index (χ1n) is 14.4. The predicted molar refractivity (Wildman–Crippen MR) is 158 cm³/mol. The summed E-state index contributed by atoms with van der Waals surface area (Å²) in [5.74, 6) is 5.67. The van der Waals surface area contributed by atoms with Gasteiger partial charge < -0.3 is 15.1 Å². The third kappa shape index (κ3) is 8.48. The lowest BCUT2D eigenvalue weighted by atomic mass is 10.0. The molecule has 0 heterocycles. The van der Waals surface area contributed by atoms with E-state index in [9.17, 15) is 19.8 Å². The molecule has 1 fully saturated rings. The van der Waals surface area contributed by atoms with Crippen LogP contribution in [-0.2, 0) is 24.3 Å². The van der Waals surface area contributed by atoms with Gasteiger partial charge in [0.05, 0.1) is 0 Å². The molecule has 3 aromatic carbocycles.